The normalized spacial score (nSPS) is 12.8. The number of nitrogens with zero attached hydrogens (tertiary/aromatic N) is 3. The molecule has 348 valence electrons. The van der Waals surface area contributed by atoms with Gasteiger partial charge in [0.15, 0.2) is 0 Å². The maximum absolute atomic E-state index is 2.48. The van der Waals surface area contributed by atoms with Crippen molar-refractivity contribution < 1.29 is 0 Å². The van der Waals surface area contributed by atoms with Crippen molar-refractivity contribution in [2.45, 2.75) is 19.3 Å². The third-order valence-corrected chi connectivity index (χ3v) is 16.1. The van der Waals surface area contributed by atoms with Gasteiger partial charge in [0.05, 0.1) is 33.4 Å². The van der Waals surface area contributed by atoms with Crippen LogP contribution in [0.25, 0.3) is 110 Å². The standard InChI is InChI=1S/C71H49N3/c1-71(2)63-44-49(48-34-40-70-62(43-48)61-26-12-13-28-65(61)73(70)50-19-4-3-5-20-50)33-38-55(63)56-39-37-52(45-64(56)71)72(51-35-31-47(32-36-51)54-27-16-18-46-17-6-7-21-53(46)54)68-41-42-69(60-23-9-8-22-59(60)68)74-66-29-14-10-24-57(66)58-25-11-15-30-67(58)74/h3-45H,1-2H3. The van der Waals surface area contributed by atoms with Crippen molar-refractivity contribution in [1.29, 1.82) is 0 Å². The van der Waals surface area contributed by atoms with Gasteiger partial charge >= 0.3 is 0 Å². The monoisotopic (exact) mass is 943 g/mol. The molecule has 3 nitrogen and oxygen atoms in total. The largest absolute Gasteiger partial charge is 0.310 e. The Hall–Kier alpha value is -9.44. The first-order valence-corrected chi connectivity index (χ1v) is 25.8. The smallest absolute Gasteiger partial charge is 0.0542 e. The van der Waals surface area contributed by atoms with Crippen molar-refractivity contribution in [1.82, 2.24) is 9.13 Å². The number of anilines is 3. The Balaban J connectivity index is 0.873. The molecule has 0 fully saturated rings. The molecule has 0 amide bonds. The fourth-order valence-corrected chi connectivity index (χ4v) is 12.6. The van der Waals surface area contributed by atoms with Crippen molar-refractivity contribution in [2.24, 2.45) is 0 Å². The molecule has 2 aromatic heterocycles. The Morgan fingerprint density at radius 3 is 1.55 bits per heavy atom. The van der Waals surface area contributed by atoms with Crippen LogP contribution < -0.4 is 4.90 Å². The second-order valence-electron chi connectivity index (χ2n) is 20.5. The highest BCUT2D eigenvalue weighted by Crippen LogP contribution is 2.53. The summed E-state index contributed by atoms with van der Waals surface area (Å²) in [6, 6.07) is 96.5. The zero-order valence-corrected chi connectivity index (χ0v) is 41.2. The molecule has 0 aliphatic heterocycles. The molecule has 12 aromatic carbocycles. The van der Waals surface area contributed by atoms with E-state index in [9.17, 15) is 0 Å². The van der Waals surface area contributed by atoms with Gasteiger partial charge < -0.3 is 14.0 Å². The van der Waals surface area contributed by atoms with Gasteiger partial charge in [-0.25, -0.2) is 0 Å². The molecule has 0 saturated heterocycles. The number of rotatable bonds is 7. The van der Waals surface area contributed by atoms with Crippen LogP contribution in [0.15, 0.2) is 261 Å². The second kappa shape index (κ2) is 16.3. The van der Waals surface area contributed by atoms with Crippen molar-refractivity contribution in [3.63, 3.8) is 0 Å². The molecule has 0 spiro atoms. The summed E-state index contributed by atoms with van der Waals surface area (Å²) >= 11 is 0. The summed E-state index contributed by atoms with van der Waals surface area (Å²) in [6.45, 7) is 4.81. The minimum atomic E-state index is -0.267. The molecule has 14 aromatic rings. The average Bonchev–Trinajstić information content (AvgIpc) is 4.06. The topological polar surface area (TPSA) is 13.1 Å². The maximum Gasteiger partial charge on any atom is 0.0542 e. The first-order valence-electron chi connectivity index (χ1n) is 25.8. The summed E-state index contributed by atoms with van der Waals surface area (Å²) < 4.78 is 4.84. The highest BCUT2D eigenvalue weighted by atomic mass is 15.1. The minimum Gasteiger partial charge on any atom is -0.310 e. The Kier molecular flexibility index (Phi) is 9.31. The van der Waals surface area contributed by atoms with Gasteiger partial charge in [0, 0.05) is 54.8 Å². The average molecular weight is 944 g/mol. The second-order valence-corrected chi connectivity index (χ2v) is 20.5. The Morgan fingerprint density at radius 2 is 0.824 bits per heavy atom. The molecule has 74 heavy (non-hydrogen) atoms. The lowest BCUT2D eigenvalue weighted by Gasteiger charge is -2.30. The lowest BCUT2D eigenvalue weighted by molar-refractivity contribution is 0.660. The number of fused-ring (bicyclic) bond motifs is 11. The van der Waals surface area contributed by atoms with Crippen LogP contribution in [0.4, 0.5) is 17.1 Å². The van der Waals surface area contributed by atoms with Gasteiger partial charge in [0.1, 0.15) is 0 Å². The number of aromatic nitrogens is 2. The van der Waals surface area contributed by atoms with Crippen LogP contribution in [0.2, 0.25) is 0 Å². The van der Waals surface area contributed by atoms with Crippen LogP contribution >= 0.6 is 0 Å². The van der Waals surface area contributed by atoms with Crippen LogP contribution in [0.5, 0.6) is 0 Å². The molecule has 1 aliphatic rings. The molecule has 0 N–H and O–H groups in total. The molecule has 15 rings (SSSR count). The van der Waals surface area contributed by atoms with Crippen LogP contribution in [0, 0.1) is 0 Å². The summed E-state index contributed by atoms with van der Waals surface area (Å²) in [7, 11) is 0. The van der Waals surface area contributed by atoms with Gasteiger partial charge in [-0.3, -0.25) is 0 Å². The van der Waals surface area contributed by atoms with Crippen LogP contribution in [-0.4, -0.2) is 9.13 Å². The van der Waals surface area contributed by atoms with E-state index in [1.807, 2.05) is 0 Å². The molecule has 0 saturated carbocycles. The van der Waals surface area contributed by atoms with E-state index >= 15 is 0 Å². The number of benzene rings is 12. The summed E-state index contributed by atoms with van der Waals surface area (Å²) in [5.74, 6) is 0. The van der Waals surface area contributed by atoms with Gasteiger partial charge in [-0.15, -0.1) is 0 Å². The molecular formula is C71H49N3. The Bertz CT molecular complexity index is 4510. The van der Waals surface area contributed by atoms with E-state index in [2.05, 4.69) is 289 Å². The van der Waals surface area contributed by atoms with E-state index in [0.717, 1.165) is 22.7 Å². The quantitative estimate of drug-likeness (QED) is 0.155. The van der Waals surface area contributed by atoms with E-state index in [-0.39, 0.29) is 5.41 Å². The molecule has 2 heterocycles. The predicted octanol–water partition coefficient (Wildman–Crippen LogP) is 19.3. The lowest BCUT2D eigenvalue weighted by atomic mass is 9.81. The van der Waals surface area contributed by atoms with Crippen molar-refractivity contribution in [3.8, 4) is 44.8 Å². The number of para-hydroxylation sites is 4. The minimum absolute atomic E-state index is 0.267. The highest BCUT2D eigenvalue weighted by Gasteiger charge is 2.36. The lowest BCUT2D eigenvalue weighted by Crippen LogP contribution is -2.17. The third kappa shape index (κ3) is 6.33. The molecule has 0 bridgehead atoms. The summed E-state index contributed by atoms with van der Waals surface area (Å²) in [4.78, 5) is 2.48. The van der Waals surface area contributed by atoms with E-state index in [0.29, 0.717) is 0 Å². The van der Waals surface area contributed by atoms with Gasteiger partial charge in [-0.05, 0) is 140 Å². The molecule has 0 radical (unpaired) electrons. The Labute approximate surface area is 430 Å². The third-order valence-electron chi connectivity index (χ3n) is 16.1. The van der Waals surface area contributed by atoms with Crippen molar-refractivity contribution in [2.75, 3.05) is 4.90 Å². The fraction of sp³-hybridized carbons (Fsp3) is 0.0423. The van der Waals surface area contributed by atoms with E-state index in [1.54, 1.807) is 0 Å². The van der Waals surface area contributed by atoms with E-state index in [1.165, 1.54) is 115 Å². The Morgan fingerprint density at radius 1 is 0.311 bits per heavy atom. The SMILES string of the molecule is CC1(C)c2cc(-c3ccc4c(c3)c3ccccc3n4-c3ccccc3)ccc2-c2ccc(N(c3ccc(-c4cccc5ccccc45)cc3)c3ccc(-n4c5ccccc5c5ccccc54)c4ccccc34)cc21. The zero-order valence-electron chi connectivity index (χ0n) is 41.2. The zero-order chi connectivity index (χ0) is 49.1. The van der Waals surface area contributed by atoms with Crippen LogP contribution in [0.3, 0.4) is 0 Å². The van der Waals surface area contributed by atoms with Crippen molar-refractivity contribution >= 4 is 82.2 Å². The van der Waals surface area contributed by atoms with Gasteiger partial charge in [-0.1, -0.05) is 190 Å². The highest BCUT2D eigenvalue weighted by molar-refractivity contribution is 6.13. The molecule has 0 atom stereocenters. The summed E-state index contributed by atoms with van der Waals surface area (Å²) in [6.07, 6.45) is 0. The first kappa shape index (κ1) is 42.3. The van der Waals surface area contributed by atoms with Gasteiger partial charge in [-0.2, -0.15) is 0 Å². The van der Waals surface area contributed by atoms with Crippen molar-refractivity contribution in [3.05, 3.63) is 272 Å². The summed E-state index contributed by atoms with van der Waals surface area (Å²) in [5, 5.41) is 9.91. The van der Waals surface area contributed by atoms with Crippen LogP contribution in [-0.2, 0) is 5.41 Å². The first-order chi connectivity index (χ1) is 36.5. The van der Waals surface area contributed by atoms with E-state index in [4.69, 9.17) is 0 Å². The van der Waals surface area contributed by atoms with Gasteiger partial charge in [0.25, 0.3) is 0 Å². The summed E-state index contributed by atoms with van der Waals surface area (Å²) in [5.41, 5.74) is 20.4. The van der Waals surface area contributed by atoms with Gasteiger partial charge in [0.2, 0.25) is 0 Å². The number of hydrogen-bond donors (Lipinski definition) is 0. The molecule has 1 aliphatic carbocycles. The predicted molar refractivity (Wildman–Crippen MR) is 313 cm³/mol. The molecule has 0 unspecified atom stereocenters. The fourth-order valence-electron chi connectivity index (χ4n) is 12.6. The molecule has 3 heteroatoms. The molecular weight excluding hydrogens is 895 g/mol. The van der Waals surface area contributed by atoms with Crippen LogP contribution in [0.1, 0.15) is 25.0 Å². The van der Waals surface area contributed by atoms with E-state index < -0.39 is 0 Å². The number of hydrogen-bond acceptors (Lipinski definition) is 1. The maximum atomic E-state index is 2.48.